The summed E-state index contributed by atoms with van der Waals surface area (Å²) in [6.07, 6.45) is 4.02. The number of hydrogen-bond acceptors (Lipinski definition) is 3. The first kappa shape index (κ1) is 9.34. The Morgan fingerprint density at radius 2 is 2.50 bits per heavy atom. The van der Waals surface area contributed by atoms with Crippen LogP contribution in [0, 0.1) is 0 Å². The molecule has 0 unspecified atom stereocenters. The van der Waals surface area contributed by atoms with Crippen LogP contribution >= 0.6 is 11.3 Å². The number of fused-ring (bicyclic) bond motifs is 1. The second kappa shape index (κ2) is 3.88. The van der Waals surface area contributed by atoms with Crippen molar-refractivity contribution in [3.05, 3.63) is 41.6 Å². The highest BCUT2D eigenvalue weighted by atomic mass is 32.1. The van der Waals surface area contributed by atoms with Crippen molar-refractivity contribution in [2.45, 2.75) is 13.5 Å². The van der Waals surface area contributed by atoms with Gasteiger partial charge in [-0.05, 0) is 24.6 Å². The molecule has 0 atom stereocenters. The maximum Gasteiger partial charge on any atom is 0.0936 e. The van der Waals surface area contributed by atoms with Crippen LogP contribution < -0.4 is 5.32 Å². The SMILES string of the molecule is C=CN1Cc2ccsc2NC/C1=C/C. The summed E-state index contributed by atoms with van der Waals surface area (Å²) in [4.78, 5) is 2.19. The topological polar surface area (TPSA) is 15.3 Å². The molecule has 3 heteroatoms. The smallest absolute Gasteiger partial charge is 0.0936 e. The third-order valence-corrected chi connectivity index (χ3v) is 3.35. The highest BCUT2D eigenvalue weighted by molar-refractivity contribution is 7.14. The minimum Gasteiger partial charge on any atom is -0.371 e. The van der Waals surface area contributed by atoms with Gasteiger partial charge in [-0.25, -0.2) is 0 Å². The lowest BCUT2D eigenvalue weighted by Gasteiger charge is -2.19. The summed E-state index contributed by atoms with van der Waals surface area (Å²) in [5, 5.41) is 6.84. The maximum absolute atomic E-state index is 3.84. The third kappa shape index (κ3) is 1.55. The second-order valence-corrected chi connectivity index (χ2v) is 4.14. The van der Waals surface area contributed by atoms with Gasteiger partial charge in [0.25, 0.3) is 0 Å². The van der Waals surface area contributed by atoms with E-state index >= 15 is 0 Å². The second-order valence-electron chi connectivity index (χ2n) is 3.22. The molecule has 2 nitrogen and oxygen atoms in total. The maximum atomic E-state index is 3.84. The van der Waals surface area contributed by atoms with Crippen molar-refractivity contribution in [3.63, 3.8) is 0 Å². The van der Waals surface area contributed by atoms with E-state index in [0.717, 1.165) is 13.1 Å². The number of allylic oxidation sites excluding steroid dienone is 1. The first-order valence-corrected chi connectivity index (χ1v) is 5.57. The molecule has 0 bridgehead atoms. The van der Waals surface area contributed by atoms with Crippen molar-refractivity contribution >= 4 is 16.3 Å². The Kier molecular flexibility index (Phi) is 2.59. The van der Waals surface area contributed by atoms with E-state index in [2.05, 4.69) is 41.2 Å². The minimum atomic E-state index is 0.885. The van der Waals surface area contributed by atoms with E-state index < -0.39 is 0 Å². The molecule has 0 fully saturated rings. The first-order chi connectivity index (χ1) is 6.85. The largest absolute Gasteiger partial charge is 0.371 e. The molecule has 0 aromatic carbocycles. The van der Waals surface area contributed by atoms with Crippen LogP contribution in [0.1, 0.15) is 12.5 Å². The van der Waals surface area contributed by atoms with E-state index in [1.165, 1.54) is 16.3 Å². The quantitative estimate of drug-likeness (QED) is 0.760. The van der Waals surface area contributed by atoms with E-state index in [-0.39, 0.29) is 0 Å². The van der Waals surface area contributed by atoms with Gasteiger partial charge in [0.15, 0.2) is 0 Å². The summed E-state index contributed by atoms with van der Waals surface area (Å²) in [6.45, 7) is 7.72. The van der Waals surface area contributed by atoms with Gasteiger partial charge in [-0.1, -0.05) is 12.7 Å². The predicted octanol–water partition coefficient (Wildman–Crippen LogP) is 3.02. The Balaban J connectivity index is 2.31. The fourth-order valence-electron chi connectivity index (χ4n) is 1.62. The van der Waals surface area contributed by atoms with Crippen LogP contribution in [0.15, 0.2) is 36.0 Å². The molecule has 1 aliphatic rings. The normalized spacial score (nSPS) is 18.6. The summed E-state index contributed by atoms with van der Waals surface area (Å²) in [6, 6.07) is 2.17. The van der Waals surface area contributed by atoms with Crippen LogP contribution in [0.25, 0.3) is 0 Å². The van der Waals surface area contributed by atoms with Gasteiger partial charge in [-0.3, -0.25) is 0 Å². The zero-order valence-electron chi connectivity index (χ0n) is 8.29. The van der Waals surface area contributed by atoms with Crippen molar-refractivity contribution in [3.8, 4) is 0 Å². The number of nitrogens with zero attached hydrogens (tertiary/aromatic N) is 1. The molecule has 2 heterocycles. The molecular weight excluding hydrogens is 192 g/mol. The van der Waals surface area contributed by atoms with Crippen LogP contribution in [-0.2, 0) is 6.54 Å². The Hall–Kier alpha value is -1.22. The van der Waals surface area contributed by atoms with Gasteiger partial charge in [0.1, 0.15) is 0 Å². The highest BCUT2D eigenvalue weighted by Crippen LogP contribution is 2.28. The average molecular weight is 206 g/mol. The molecule has 1 aliphatic heterocycles. The lowest BCUT2D eigenvalue weighted by atomic mass is 10.3. The molecular formula is C11H14N2S. The van der Waals surface area contributed by atoms with Gasteiger partial charge in [-0.15, -0.1) is 11.3 Å². The number of thiophene rings is 1. The van der Waals surface area contributed by atoms with E-state index in [1.807, 2.05) is 6.20 Å². The van der Waals surface area contributed by atoms with Crippen molar-refractivity contribution < 1.29 is 0 Å². The average Bonchev–Trinajstić information content (AvgIpc) is 2.58. The molecule has 0 aliphatic carbocycles. The van der Waals surface area contributed by atoms with Crippen LogP contribution in [0.4, 0.5) is 5.00 Å². The summed E-state index contributed by atoms with van der Waals surface area (Å²) in [5.41, 5.74) is 2.63. The molecule has 0 saturated carbocycles. The van der Waals surface area contributed by atoms with Crippen LogP contribution in [0.3, 0.4) is 0 Å². The molecule has 0 radical (unpaired) electrons. The zero-order valence-corrected chi connectivity index (χ0v) is 9.10. The fraction of sp³-hybridized carbons (Fsp3) is 0.273. The van der Waals surface area contributed by atoms with Crippen LogP contribution in [0.5, 0.6) is 0 Å². The minimum absolute atomic E-state index is 0.885. The summed E-state index contributed by atoms with van der Waals surface area (Å²) < 4.78 is 0. The van der Waals surface area contributed by atoms with Crippen molar-refractivity contribution in [1.29, 1.82) is 0 Å². The molecule has 0 spiro atoms. The Morgan fingerprint density at radius 1 is 1.64 bits per heavy atom. The van der Waals surface area contributed by atoms with Crippen molar-refractivity contribution in [2.24, 2.45) is 0 Å². The standard InChI is InChI=1S/C11H14N2S/c1-3-10-7-12-11-9(5-6-14-11)8-13(10)4-2/h3-6,12H,2,7-8H2,1H3/b10-3-. The lowest BCUT2D eigenvalue weighted by Crippen LogP contribution is -2.17. The van der Waals surface area contributed by atoms with Gasteiger partial charge in [0, 0.05) is 11.3 Å². The van der Waals surface area contributed by atoms with Gasteiger partial charge < -0.3 is 10.2 Å². The summed E-state index contributed by atoms with van der Waals surface area (Å²) in [7, 11) is 0. The van der Waals surface area contributed by atoms with Gasteiger partial charge in [0.2, 0.25) is 0 Å². The number of hydrogen-bond donors (Lipinski definition) is 1. The first-order valence-electron chi connectivity index (χ1n) is 4.69. The number of rotatable bonds is 1. The molecule has 0 amide bonds. The van der Waals surface area contributed by atoms with Gasteiger partial charge >= 0.3 is 0 Å². The molecule has 0 saturated heterocycles. The predicted molar refractivity (Wildman–Crippen MR) is 62.3 cm³/mol. The Labute approximate surface area is 88.6 Å². The van der Waals surface area contributed by atoms with E-state index in [9.17, 15) is 0 Å². The molecule has 2 rings (SSSR count). The number of anilines is 1. The van der Waals surface area contributed by atoms with Crippen LogP contribution in [-0.4, -0.2) is 11.4 Å². The molecule has 14 heavy (non-hydrogen) atoms. The summed E-state index contributed by atoms with van der Waals surface area (Å²) >= 11 is 1.76. The monoisotopic (exact) mass is 206 g/mol. The molecule has 1 N–H and O–H groups in total. The number of nitrogens with one attached hydrogen (secondary N) is 1. The van der Waals surface area contributed by atoms with E-state index in [0.29, 0.717) is 0 Å². The third-order valence-electron chi connectivity index (χ3n) is 2.44. The lowest BCUT2D eigenvalue weighted by molar-refractivity contribution is 0.462. The van der Waals surface area contributed by atoms with E-state index in [4.69, 9.17) is 0 Å². The summed E-state index contributed by atoms with van der Waals surface area (Å²) in [5.74, 6) is 0. The van der Waals surface area contributed by atoms with Crippen LogP contribution in [0.2, 0.25) is 0 Å². The van der Waals surface area contributed by atoms with E-state index in [1.54, 1.807) is 11.3 Å². The van der Waals surface area contributed by atoms with Crippen molar-refractivity contribution in [1.82, 2.24) is 4.90 Å². The Bertz CT molecular complexity index is 365. The Morgan fingerprint density at radius 3 is 3.21 bits per heavy atom. The zero-order chi connectivity index (χ0) is 9.97. The highest BCUT2D eigenvalue weighted by Gasteiger charge is 2.14. The van der Waals surface area contributed by atoms with Gasteiger partial charge in [0.05, 0.1) is 18.1 Å². The fourth-order valence-corrected chi connectivity index (χ4v) is 2.43. The van der Waals surface area contributed by atoms with Gasteiger partial charge in [-0.2, -0.15) is 0 Å². The molecule has 1 aromatic heterocycles. The molecule has 1 aromatic rings. The van der Waals surface area contributed by atoms with Crippen molar-refractivity contribution in [2.75, 3.05) is 11.9 Å². The molecule has 74 valence electrons.